The largest absolute Gasteiger partial charge is 0.477 e. The average molecular weight is 311 g/mol. The number of carbonyl (C=O) groups is 2. The molecular weight excluding hydrogens is 298 g/mol. The van der Waals surface area contributed by atoms with E-state index in [1.54, 1.807) is 6.92 Å². The molecule has 0 saturated carbocycles. The summed E-state index contributed by atoms with van der Waals surface area (Å²) in [7, 11) is 0. The van der Waals surface area contributed by atoms with Crippen molar-refractivity contribution in [3.63, 3.8) is 0 Å². The molecule has 20 heavy (non-hydrogen) atoms. The minimum Gasteiger partial charge on any atom is -0.477 e. The minimum atomic E-state index is -0.945. The summed E-state index contributed by atoms with van der Waals surface area (Å²) in [6.07, 6.45) is 1.44. The van der Waals surface area contributed by atoms with Gasteiger partial charge in [-0.25, -0.2) is 14.8 Å². The first-order valence-electron chi connectivity index (χ1n) is 5.85. The lowest BCUT2D eigenvalue weighted by Gasteiger charge is -2.03. The van der Waals surface area contributed by atoms with Crippen LogP contribution in [0.3, 0.4) is 0 Å². The number of hydrogen-bond donors (Lipinski definition) is 2. The van der Waals surface area contributed by atoms with Crippen LogP contribution >= 0.6 is 23.1 Å². The molecule has 0 atom stereocenters. The predicted octanol–water partition coefficient (Wildman–Crippen LogP) is 1.93. The van der Waals surface area contributed by atoms with Crippen LogP contribution < -0.4 is 5.32 Å². The maximum Gasteiger partial charge on any atom is 0.346 e. The van der Waals surface area contributed by atoms with E-state index in [2.05, 4.69) is 15.3 Å². The van der Waals surface area contributed by atoms with Crippen LogP contribution in [0.25, 0.3) is 10.2 Å². The normalized spacial score (nSPS) is 10.7. The van der Waals surface area contributed by atoms with Crippen molar-refractivity contribution in [1.29, 1.82) is 0 Å². The topological polar surface area (TPSA) is 92.2 Å². The zero-order valence-corrected chi connectivity index (χ0v) is 12.6. The number of carboxylic acid groups (broad SMARTS) is 1. The highest BCUT2D eigenvalue weighted by molar-refractivity contribution is 7.99. The summed E-state index contributed by atoms with van der Waals surface area (Å²) in [5, 5.41) is 13.4. The van der Waals surface area contributed by atoms with Crippen molar-refractivity contribution in [1.82, 2.24) is 15.3 Å². The van der Waals surface area contributed by atoms with E-state index in [-0.39, 0.29) is 5.91 Å². The highest BCUT2D eigenvalue weighted by Crippen LogP contribution is 2.34. The fraction of sp³-hybridized carbons (Fsp3) is 0.333. The summed E-state index contributed by atoms with van der Waals surface area (Å²) in [4.78, 5) is 31.2. The van der Waals surface area contributed by atoms with Gasteiger partial charge in [-0.1, -0.05) is 0 Å². The number of thiophene rings is 1. The van der Waals surface area contributed by atoms with E-state index in [4.69, 9.17) is 5.11 Å². The van der Waals surface area contributed by atoms with Crippen LogP contribution in [0, 0.1) is 6.92 Å². The Kier molecular flexibility index (Phi) is 4.56. The smallest absolute Gasteiger partial charge is 0.346 e. The van der Waals surface area contributed by atoms with Crippen LogP contribution in [-0.2, 0) is 4.79 Å². The first-order chi connectivity index (χ1) is 9.50. The number of carbonyl (C=O) groups excluding carboxylic acids is 1. The molecular formula is C12H13N3O3S2. The van der Waals surface area contributed by atoms with E-state index >= 15 is 0 Å². The molecule has 2 aromatic heterocycles. The molecule has 2 N–H and O–H groups in total. The minimum absolute atomic E-state index is 0.0710. The maximum absolute atomic E-state index is 11.1. The zero-order valence-electron chi connectivity index (χ0n) is 11.0. The molecule has 0 fully saturated rings. The first kappa shape index (κ1) is 14.7. The van der Waals surface area contributed by atoms with Crippen molar-refractivity contribution >= 4 is 45.2 Å². The number of aryl methyl sites for hydroxylation is 1. The molecule has 2 rings (SSSR count). The van der Waals surface area contributed by atoms with E-state index in [9.17, 15) is 9.59 Å². The van der Waals surface area contributed by atoms with Crippen LogP contribution in [0.2, 0.25) is 0 Å². The lowest BCUT2D eigenvalue weighted by molar-refractivity contribution is -0.118. The molecule has 0 aliphatic carbocycles. The molecule has 2 heterocycles. The number of carboxylic acids is 1. The number of aromatic carboxylic acids is 1. The molecule has 106 valence electrons. The van der Waals surface area contributed by atoms with Crippen molar-refractivity contribution in [2.75, 3.05) is 12.3 Å². The predicted molar refractivity (Wildman–Crippen MR) is 78.5 cm³/mol. The van der Waals surface area contributed by atoms with E-state index in [1.165, 1.54) is 25.0 Å². The fourth-order valence-corrected chi connectivity index (χ4v) is 3.69. The second-order valence-electron chi connectivity index (χ2n) is 4.05. The molecule has 1 amide bonds. The van der Waals surface area contributed by atoms with Gasteiger partial charge >= 0.3 is 5.97 Å². The van der Waals surface area contributed by atoms with E-state index in [0.29, 0.717) is 27.6 Å². The van der Waals surface area contributed by atoms with Gasteiger partial charge in [-0.15, -0.1) is 23.1 Å². The molecule has 0 bridgehead atoms. The van der Waals surface area contributed by atoms with Gasteiger partial charge in [-0.3, -0.25) is 4.79 Å². The number of thioether (sulfide) groups is 1. The molecule has 0 aliphatic rings. The quantitative estimate of drug-likeness (QED) is 0.498. The lowest BCUT2D eigenvalue weighted by Crippen LogP contribution is -2.22. The van der Waals surface area contributed by atoms with Gasteiger partial charge in [0.15, 0.2) is 0 Å². The fourth-order valence-electron chi connectivity index (χ4n) is 1.73. The number of rotatable bonds is 5. The van der Waals surface area contributed by atoms with Crippen molar-refractivity contribution in [3.8, 4) is 0 Å². The van der Waals surface area contributed by atoms with Crippen molar-refractivity contribution in [2.24, 2.45) is 0 Å². The third-order valence-corrected chi connectivity index (χ3v) is 4.78. The number of nitrogens with one attached hydrogen (secondary N) is 1. The highest BCUT2D eigenvalue weighted by Gasteiger charge is 2.18. The Morgan fingerprint density at radius 3 is 2.85 bits per heavy atom. The van der Waals surface area contributed by atoms with Gasteiger partial charge in [-0.2, -0.15) is 0 Å². The Morgan fingerprint density at radius 2 is 2.20 bits per heavy atom. The Bertz CT molecular complexity index is 669. The summed E-state index contributed by atoms with van der Waals surface area (Å²) in [5.41, 5.74) is 0.695. The highest BCUT2D eigenvalue weighted by atomic mass is 32.2. The number of fused-ring (bicyclic) bond motifs is 1. The second kappa shape index (κ2) is 6.19. The zero-order chi connectivity index (χ0) is 14.7. The summed E-state index contributed by atoms with van der Waals surface area (Å²) in [6, 6.07) is 0. The Balaban J connectivity index is 2.25. The van der Waals surface area contributed by atoms with E-state index in [1.807, 2.05) is 0 Å². The van der Waals surface area contributed by atoms with Crippen LogP contribution in [0.1, 0.15) is 22.2 Å². The lowest BCUT2D eigenvalue weighted by atomic mass is 10.2. The molecule has 0 unspecified atom stereocenters. The van der Waals surface area contributed by atoms with Gasteiger partial charge in [0.05, 0.1) is 0 Å². The molecule has 0 radical (unpaired) electrons. The number of nitrogens with zero attached hydrogens (tertiary/aromatic N) is 2. The average Bonchev–Trinajstić information content (AvgIpc) is 2.73. The number of amides is 1. The van der Waals surface area contributed by atoms with Gasteiger partial charge < -0.3 is 10.4 Å². The molecule has 0 spiro atoms. The van der Waals surface area contributed by atoms with Crippen LogP contribution in [0.4, 0.5) is 0 Å². The van der Waals surface area contributed by atoms with Gasteiger partial charge in [0.25, 0.3) is 0 Å². The van der Waals surface area contributed by atoms with Crippen LogP contribution in [0.15, 0.2) is 11.4 Å². The van der Waals surface area contributed by atoms with E-state index in [0.717, 1.165) is 21.7 Å². The molecule has 8 heteroatoms. The SMILES string of the molecule is CC(=O)NCCSc1ncnc2sc(C(=O)O)c(C)c12. The Labute approximate surface area is 123 Å². The summed E-state index contributed by atoms with van der Waals surface area (Å²) in [6.45, 7) is 3.78. The second-order valence-corrected chi connectivity index (χ2v) is 6.13. The first-order valence-corrected chi connectivity index (χ1v) is 7.65. The summed E-state index contributed by atoms with van der Waals surface area (Å²) < 4.78 is 0. The number of hydrogen-bond acceptors (Lipinski definition) is 6. The van der Waals surface area contributed by atoms with Crippen molar-refractivity contribution in [2.45, 2.75) is 18.9 Å². The Morgan fingerprint density at radius 1 is 1.45 bits per heavy atom. The third-order valence-electron chi connectivity index (χ3n) is 2.60. The van der Waals surface area contributed by atoms with Crippen molar-refractivity contribution < 1.29 is 14.7 Å². The Hall–Kier alpha value is -1.67. The third kappa shape index (κ3) is 3.07. The van der Waals surface area contributed by atoms with E-state index < -0.39 is 5.97 Å². The summed E-state index contributed by atoms with van der Waals surface area (Å²) in [5.74, 6) is -0.346. The number of aromatic nitrogens is 2. The van der Waals surface area contributed by atoms with Gasteiger partial charge in [0.2, 0.25) is 5.91 Å². The van der Waals surface area contributed by atoms with Gasteiger partial charge in [-0.05, 0) is 12.5 Å². The van der Waals surface area contributed by atoms with Crippen LogP contribution in [0.5, 0.6) is 0 Å². The molecule has 0 saturated heterocycles. The molecule has 6 nitrogen and oxygen atoms in total. The molecule has 0 aromatic carbocycles. The standard InChI is InChI=1S/C12H13N3O3S2/c1-6-8-10(19-4-3-13-7(2)16)14-5-15-11(8)20-9(6)12(17)18/h5H,3-4H2,1-2H3,(H,13,16)(H,17,18). The summed E-state index contributed by atoms with van der Waals surface area (Å²) >= 11 is 2.64. The molecule has 0 aliphatic heterocycles. The monoisotopic (exact) mass is 311 g/mol. The van der Waals surface area contributed by atoms with Gasteiger partial charge in [0, 0.05) is 24.6 Å². The van der Waals surface area contributed by atoms with Gasteiger partial charge in [0.1, 0.15) is 21.1 Å². The van der Waals surface area contributed by atoms with Crippen molar-refractivity contribution in [3.05, 3.63) is 16.8 Å². The maximum atomic E-state index is 11.1. The van der Waals surface area contributed by atoms with Crippen LogP contribution in [-0.4, -0.2) is 39.2 Å². The molecule has 2 aromatic rings.